The minimum Gasteiger partial charge on any atom is -0.464 e. The van der Waals surface area contributed by atoms with Crippen LogP contribution in [0.25, 0.3) is 0 Å². The lowest BCUT2D eigenvalue weighted by Gasteiger charge is -2.32. The Kier molecular flexibility index (Phi) is 4.19. The lowest BCUT2D eigenvalue weighted by atomic mass is 10.3. The zero-order valence-electron chi connectivity index (χ0n) is 10.6. The Morgan fingerprint density at radius 1 is 1.63 bits per heavy atom. The summed E-state index contributed by atoms with van der Waals surface area (Å²) in [5.41, 5.74) is 1.20. The third-order valence-corrected chi connectivity index (χ3v) is 6.26. The molecule has 1 N–H and O–H groups in total. The zero-order chi connectivity index (χ0) is 14.0. The summed E-state index contributed by atoms with van der Waals surface area (Å²) in [6, 6.07) is -0.161. The molecule has 1 aliphatic heterocycles. The number of hydrogen-bond acceptors (Lipinski definition) is 7. The van der Waals surface area contributed by atoms with Crippen molar-refractivity contribution in [1.82, 2.24) is 14.6 Å². The largest absolute Gasteiger partial charge is 0.464 e. The fourth-order valence-electron chi connectivity index (χ4n) is 1.94. The summed E-state index contributed by atoms with van der Waals surface area (Å²) in [4.78, 5) is 15.3. The van der Waals surface area contributed by atoms with Gasteiger partial charge in [0.05, 0.1) is 12.6 Å². The summed E-state index contributed by atoms with van der Waals surface area (Å²) in [6.07, 6.45) is 0. The normalized spacial score (nSPS) is 21.3. The van der Waals surface area contributed by atoms with Gasteiger partial charge in [-0.15, -0.1) is 11.3 Å². The summed E-state index contributed by atoms with van der Waals surface area (Å²) >= 11 is 0.934. The van der Waals surface area contributed by atoms with Crippen molar-refractivity contribution in [2.75, 3.05) is 26.7 Å². The van der Waals surface area contributed by atoms with E-state index in [1.807, 2.05) is 6.92 Å². The maximum Gasteiger partial charge on any atom is 0.358 e. The first-order valence-corrected chi connectivity index (χ1v) is 8.05. The zero-order valence-corrected chi connectivity index (χ0v) is 12.3. The van der Waals surface area contributed by atoms with Gasteiger partial charge in [0.25, 0.3) is 10.0 Å². The third-order valence-electron chi connectivity index (χ3n) is 2.90. The number of carbonyl (C=O) groups excluding carboxylic acids is 1. The van der Waals surface area contributed by atoms with Gasteiger partial charge in [-0.05, 0) is 6.92 Å². The van der Waals surface area contributed by atoms with Crippen LogP contribution in [0.3, 0.4) is 0 Å². The molecule has 9 heteroatoms. The number of ether oxygens (including phenoxy) is 1. The predicted octanol–water partition coefficient (Wildman–Crippen LogP) is -0.0879. The molecule has 0 saturated carbocycles. The highest BCUT2D eigenvalue weighted by Gasteiger charge is 2.35. The van der Waals surface area contributed by atoms with E-state index in [1.165, 1.54) is 16.9 Å². The maximum atomic E-state index is 12.6. The van der Waals surface area contributed by atoms with Crippen LogP contribution in [0.5, 0.6) is 0 Å². The van der Waals surface area contributed by atoms with Crippen LogP contribution < -0.4 is 5.32 Å². The van der Waals surface area contributed by atoms with Gasteiger partial charge in [-0.1, -0.05) is 0 Å². The smallest absolute Gasteiger partial charge is 0.358 e. The van der Waals surface area contributed by atoms with Gasteiger partial charge in [0.15, 0.2) is 9.90 Å². The molecule has 1 saturated heterocycles. The number of carbonyl (C=O) groups is 1. The Labute approximate surface area is 115 Å². The molecule has 0 radical (unpaired) electrons. The topological polar surface area (TPSA) is 88.6 Å². The summed E-state index contributed by atoms with van der Waals surface area (Å²) in [7, 11) is -2.51. The number of methoxy groups -OCH3 is 1. The molecule has 106 valence electrons. The summed E-state index contributed by atoms with van der Waals surface area (Å²) in [5.74, 6) is -0.734. The van der Waals surface area contributed by atoms with E-state index in [1.54, 1.807) is 0 Å². The summed E-state index contributed by atoms with van der Waals surface area (Å²) < 4.78 is 31.0. The maximum absolute atomic E-state index is 12.6. The first kappa shape index (κ1) is 14.4. The van der Waals surface area contributed by atoms with Crippen molar-refractivity contribution in [2.24, 2.45) is 0 Å². The van der Waals surface area contributed by atoms with Gasteiger partial charge >= 0.3 is 5.97 Å². The molecule has 2 rings (SSSR count). The number of nitrogens with one attached hydrogen (secondary N) is 1. The Morgan fingerprint density at radius 2 is 2.37 bits per heavy atom. The Morgan fingerprint density at radius 3 is 3.00 bits per heavy atom. The van der Waals surface area contributed by atoms with Crippen LogP contribution in [0, 0.1) is 0 Å². The van der Waals surface area contributed by atoms with E-state index in [-0.39, 0.29) is 15.9 Å². The first-order chi connectivity index (χ1) is 8.98. The second kappa shape index (κ2) is 5.53. The number of piperazine rings is 1. The molecular formula is C10H15N3O4S2. The van der Waals surface area contributed by atoms with Crippen molar-refractivity contribution in [3.8, 4) is 0 Å². The highest BCUT2D eigenvalue weighted by molar-refractivity contribution is 7.91. The molecule has 2 heterocycles. The van der Waals surface area contributed by atoms with Crippen LogP contribution in [0.2, 0.25) is 0 Å². The summed E-state index contributed by atoms with van der Waals surface area (Å²) in [5, 5.41) is 3.12. The molecule has 1 fully saturated rings. The van der Waals surface area contributed by atoms with Gasteiger partial charge in [-0.2, -0.15) is 4.31 Å². The molecular weight excluding hydrogens is 290 g/mol. The third kappa shape index (κ3) is 2.64. The molecule has 0 amide bonds. The van der Waals surface area contributed by atoms with E-state index in [2.05, 4.69) is 15.0 Å². The Balaban J connectivity index is 2.39. The van der Waals surface area contributed by atoms with Gasteiger partial charge in [-0.3, -0.25) is 0 Å². The average Bonchev–Trinajstić information content (AvgIpc) is 2.88. The second-order valence-electron chi connectivity index (χ2n) is 4.15. The first-order valence-electron chi connectivity index (χ1n) is 5.73. The number of aromatic nitrogens is 1. The molecule has 19 heavy (non-hydrogen) atoms. The second-order valence-corrected chi connectivity index (χ2v) is 7.09. The quantitative estimate of drug-likeness (QED) is 0.785. The minimum atomic E-state index is -3.71. The van der Waals surface area contributed by atoms with Gasteiger partial charge in [0.2, 0.25) is 0 Å². The molecule has 1 aliphatic rings. The fraction of sp³-hybridized carbons (Fsp3) is 0.600. The number of rotatable bonds is 3. The summed E-state index contributed by atoms with van der Waals surface area (Å²) in [6.45, 7) is 3.38. The molecule has 0 bridgehead atoms. The van der Waals surface area contributed by atoms with Crippen molar-refractivity contribution < 1.29 is 17.9 Å². The highest BCUT2D eigenvalue weighted by Crippen LogP contribution is 2.26. The van der Waals surface area contributed by atoms with Crippen LogP contribution >= 0.6 is 11.3 Å². The van der Waals surface area contributed by atoms with Crippen LogP contribution in [0.15, 0.2) is 9.72 Å². The van der Waals surface area contributed by atoms with Crippen LogP contribution in [0.1, 0.15) is 17.4 Å². The minimum absolute atomic E-state index is 0.0481. The standard InChI is InChI=1S/C10H15N3O4S2/c1-7-5-11-3-4-13(7)19(15,16)10-8(9(14)17-2)12-6-18-10/h6-7,11H,3-5H2,1-2H3/t7-/m1/s1. The molecule has 7 nitrogen and oxygen atoms in total. The van der Waals surface area contributed by atoms with E-state index < -0.39 is 16.0 Å². The van der Waals surface area contributed by atoms with Crippen molar-refractivity contribution in [3.63, 3.8) is 0 Å². The van der Waals surface area contributed by atoms with Gasteiger partial charge in [0.1, 0.15) is 0 Å². The molecule has 0 spiro atoms. The van der Waals surface area contributed by atoms with Crippen molar-refractivity contribution in [1.29, 1.82) is 0 Å². The molecule has 1 aromatic rings. The lowest BCUT2D eigenvalue weighted by molar-refractivity contribution is 0.0590. The van der Waals surface area contributed by atoms with E-state index in [0.29, 0.717) is 19.6 Å². The van der Waals surface area contributed by atoms with Gasteiger partial charge in [-0.25, -0.2) is 18.2 Å². The van der Waals surface area contributed by atoms with E-state index in [4.69, 9.17) is 0 Å². The van der Waals surface area contributed by atoms with E-state index >= 15 is 0 Å². The molecule has 0 unspecified atom stereocenters. The number of thiazole rings is 1. The van der Waals surface area contributed by atoms with Crippen molar-refractivity contribution in [3.05, 3.63) is 11.2 Å². The molecule has 0 aromatic carbocycles. The van der Waals surface area contributed by atoms with Gasteiger partial charge in [0, 0.05) is 25.7 Å². The molecule has 0 aliphatic carbocycles. The number of sulfonamides is 1. The van der Waals surface area contributed by atoms with Crippen LogP contribution in [0.4, 0.5) is 0 Å². The Hall–Kier alpha value is -1.03. The molecule has 1 aromatic heterocycles. The number of hydrogen-bond donors (Lipinski definition) is 1. The fourth-order valence-corrected chi connectivity index (χ4v) is 4.81. The highest BCUT2D eigenvalue weighted by atomic mass is 32.2. The SMILES string of the molecule is COC(=O)c1ncsc1S(=O)(=O)N1CCNC[C@H]1C. The van der Waals surface area contributed by atoms with Crippen LogP contribution in [-0.4, -0.2) is 56.5 Å². The van der Waals surface area contributed by atoms with Crippen LogP contribution in [-0.2, 0) is 14.8 Å². The molecule has 1 atom stereocenters. The van der Waals surface area contributed by atoms with Crippen molar-refractivity contribution >= 4 is 27.3 Å². The van der Waals surface area contributed by atoms with Crippen molar-refractivity contribution in [2.45, 2.75) is 17.2 Å². The van der Waals surface area contributed by atoms with Gasteiger partial charge < -0.3 is 10.1 Å². The number of nitrogens with zero attached hydrogens (tertiary/aromatic N) is 2. The van der Waals surface area contributed by atoms with E-state index in [0.717, 1.165) is 11.3 Å². The number of esters is 1. The van der Waals surface area contributed by atoms with E-state index in [9.17, 15) is 13.2 Å². The average molecular weight is 305 g/mol. The monoisotopic (exact) mass is 305 g/mol. The lowest BCUT2D eigenvalue weighted by Crippen LogP contribution is -2.52. The Bertz CT molecular complexity index is 569. The predicted molar refractivity (Wildman–Crippen MR) is 69.7 cm³/mol.